The molecule has 0 unspecified atom stereocenters. The molecule has 0 radical (unpaired) electrons. The van der Waals surface area contributed by atoms with Crippen LogP contribution in [-0.4, -0.2) is 39.0 Å². The first-order chi connectivity index (χ1) is 8.55. The van der Waals surface area contributed by atoms with Crippen LogP contribution in [0.25, 0.3) is 0 Å². The maximum Gasteiger partial charge on any atom is 0.243 e. The average Bonchev–Trinajstić information content (AvgIpc) is 2.39. The van der Waals surface area contributed by atoms with Gasteiger partial charge in [-0.05, 0) is 17.7 Å². The zero-order valence-corrected chi connectivity index (χ0v) is 12.0. The van der Waals surface area contributed by atoms with E-state index in [2.05, 4.69) is 15.9 Å². The number of hydrogen-bond donors (Lipinski definition) is 0. The predicted octanol–water partition coefficient (Wildman–Crippen LogP) is 1.74. The zero-order chi connectivity index (χ0) is 13.2. The molecule has 1 aliphatic heterocycles. The fourth-order valence-electron chi connectivity index (χ4n) is 1.80. The van der Waals surface area contributed by atoms with Crippen molar-refractivity contribution in [1.82, 2.24) is 4.31 Å². The first-order valence-corrected chi connectivity index (χ1v) is 8.04. The highest BCUT2D eigenvalue weighted by atomic mass is 79.9. The van der Waals surface area contributed by atoms with Crippen LogP contribution in [0.2, 0.25) is 0 Å². The van der Waals surface area contributed by atoms with Gasteiger partial charge in [0.05, 0.1) is 18.1 Å². The van der Waals surface area contributed by atoms with Gasteiger partial charge in [-0.2, -0.15) is 4.31 Å². The molecule has 0 amide bonds. The third-order valence-corrected chi connectivity index (χ3v) is 5.35. The molecule has 0 bridgehead atoms. The lowest BCUT2D eigenvalue weighted by molar-refractivity contribution is 0.0730. The third kappa shape index (κ3) is 2.74. The Morgan fingerprint density at radius 1 is 1.33 bits per heavy atom. The van der Waals surface area contributed by atoms with Gasteiger partial charge in [0.25, 0.3) is 0 Å². The highest BCUT2D eigenvalue weighted by Crippen LogP contribution is 2.24. The maximum absolute atomic E-state index is 13.3. The molecule has 18 heavy (non-hydrogen) atoms. The number of hydrogen-bond acceptors (Lipinski definition) is 3. The van der Waals surface area contributed by atoms with Crippen LogP contribution < -0.4 is 0 Å². The van der Waals surface area contributed by atoms with E-state index < -0.39 is 15.8 Å². The quantitative estimate of drug-likeness (QED) is 0.789. The van der Waals surface area contributed by atoms with Crippen molar-refractivity contribution in [3.05, 3.63) is 29.6 Å². The third-order valence-electron chi connectivity index (χ3n) is 2.76. The van der Waals surface area contributed by atoms with Gasteiger partial charge in [-0.25, -0.2) is 12.8 Å². The summed E-state index contributed by atoms with van der Waals surface area (Å²) in [5, 5.41) is 0.367. The van der Waals surface area contributed by atoms with Crippen LogP contribution in [-0.2, 0) is 20.1 Å². The summed E-state index contributed by atoms with van der Waals surface area (Å²) in [4.78, 5) is 0.0290. The van der Waals surface area contributed by atoms with E-state index in [-0.39, 0.29) is 4.90 Å². The Morgan fingerprint density at radius 2 is 2.00 bits per heavy atom. The molecular formula is C11H13BrFNO3S. The van der Waals surface area contributed by atoms with Gasteiger partial charge in [0.2, 0.25) is 10.0 Å². The Labute approximate surface area is 114 Å². The van der Waals surface area contributed by atoms with Gasteiger partial charge in [-0.15, -0.1) is 0 Å². The largest absolute Gasteiger partial charge is 0.379 e. The summed E-state index contributed by atoms with van der Waals surface area (Å²) >= 11 is 3.22. The second kappa shape index (κ2) is 5.64. The number of ether oxygens (including phenoxy) is 1. The van der Waals surface area contributed by atoms with E-state index in [9.17, 15) is 12.8 Å². The first kappa shape index (κ1) is 13.9. The molecule has 0 spiro atoms. The smallest absolute Gasteiger partial charge is 0.243 e. The van der Waals surface area contributed by atoms with Crippen LogP contribution in [0.1, 0.15) is 5.56 Å². The van der Waals surface area contributed by atoms with Crippen LogP contribution in [0, 0.1) is 5.82 Å². The van der Waals surface area contributed by atoms with E-state index in [4.69, 9.17) is 4.74 Å². The van der Waals surface area contributed by atoms with E-state index in [1.807, 2.05) is 0 Å². The molecule has 7 heteroatoms. The van der Waals surface area contributed by atoms with Gasteiger partial charge < -0.3 is 4.74 Å². The zero-order valence-electron chi connectivity index (χ0n) is 9.60. The minimum atomic E-state index is -3.64. The van der Waals surface area contributed by atoms with Crippen LogP contribution in [0.5, 0.6) is 0 Å². The average molecular weight is 338 g/mol. The summed E-state index contributed by atoms with van der Waals surface area (Å²) in [6.07, 6.45) is 0. The number of morpholine rings is 1. The fourth-order valence-corrected chi connectivity index (χ4v) is 4.12. The summed E-state index contributed by atoms with van der Waals surface area (Å²) < 4.78 is 44.5. The number of rotatable bonds is 3. The lowest BCUT2D eigenvalue weighted by Gasteiger charge is -2.26. The molecule has 0 N–H and O–H groups in total. The standard InChI is InChI=1S/C11H13BrFNO3S/c12-8-9-1-2-10(13)7-11(9)18(15,16)14-3-5-17-6-4-14/h1-2,7H,3-6,8H2. The van der Waals surface area contributed by atoms with Gasteiger partial charge in [0.1, 0.15) is 5.82 Å². The molecule has 0 saturated carbocycles. The Bertz CT molecular complexity index is 529. The first-order valence-electron chi connectivity index (χ1n) is 5.48. The molecule has 1 fully saturated rings. The van der Waals surface area contributed by atoms with E-state index >= 15 is 0 Å². The Balaban J connectivity index is 2.42. The number of sulfonamides is 1. The van der Waals surface area contributed by atoms with Gasteiger partial charge >= 0.3 is 0 Å². The molecule has 1 saturated heterocycles. The molecule has 0 atom stereocenters. The Hall–Kier alpha value is -0.500. The Kier molecular flexibility index (Phi) is 4.37. The summed E-state index contributed by atoms with van der Waals surface area (Å²) in [5.74, 6) is -0.550. The molecule has 2 rings (SSSR count). The minimum absolute atomic E-state index is 0.0290. The molecule has 1 aromatic rings. The fraction of sp³-hybridized carbons (Fsp3) is 0.455. The van der Waals surface area contributed by atoms with Gasteiger partial charge in [-0.3, -0.25) is 0 Å². The maximum atomic E-state index is 13.3. The molecule has 1 aromatic carbocycles. The van der Waals surface area contributed by atoms with Crippen molar-refractivity contribution < 1.29 is 17.5 Å². The molecule has 0 aliphatic carbocycles. The van der Waals surface area contributed by atoms with Crippen molar-refractivity contribution in [2.75, 3.05) is 26.3 Å². The number of halogens is 2. The van der Waals surface area contributed by atoms with Crippen LogP contribution in [0.3, 0.4) is 0 Å². The Morgan fingerprint density at radius 3 is 2.61 bits per heavy atom. The van der Waals surface area contributed by atoms with Gasteiger partial charge in [0.15, 0.2) is 0 Å². The van der Waals surface area contributed by atoms with Crippen molar-refractivity contribution in [3.63, 3.8) is 0 Å². The summed E-state index contributed by atoms with van der Waals surface area (Å²) in [5.41, 5.74) is 0.558. The lowest BCUT2D eigenvalue weighted by atomic mass is 10.2. The van der Waals surface area contributed by atoms with Crippen molar-refractivity contribution in [2.24, 2.45) is 0 Å². The minimum Gasteiger partial charge on any atom is -0.379 e. The number of alkyl halides is 1. The highest BCUT2D eigenvalue weighted by Gasteiger charge is 2.28. The summed E-state index contributed by atoms with van der Waals surface area (Å²) in [6, 6.07) is 3.81. The number of nitrogens with zero attached hydrogens (tertiary/aromatic N) is 1. The van der Waals surface area contributed by atoms with E-state index in [1.165, 1.54) is 16.4 Å². The molecule has 100 valence electrons. The monoisotopic (exact) mass is 337 g/mol. The lowest BCUT2D eigenvalue weighted by Crippen LogP contribution is -2.40. The second-order valence-corrected chi connectivity index (χ2v) is 6.37. The van der Waals surface area contributed by atoms with E-state index in [0.29, 0.717) is 37.2 Å². The van der Waals surface area contributed by atoms with Crippen molar-refractivity contribution in [1.29, 1.82) is 0 Å². The summed E-state index contributed by atoms with van der Waals surface area (Å²) in [6.45, 7) is 1.36. The van der Waals surface area contributed by atoms with Crippen molar-refractivity contribution in [2.45, 2.75) is 10.2 Å². The van der Waals surface area contributed by atoms with Crippen molar-refractivity contribution in [3.8, 4) is 0 Å². The highest BCUT2D eigenvalue weighted by molar-refractivity contribution is 9.08. The van der Waals surface area contributed by atoms with E-state index in [1.54, 1.807) is 0 Å². The summed E-state index contributed by atoms with van der Waals surface area (Å²) in [7, 11) is -3.64. The molecule has 1 heterocycles. The van der Waals surface area contributed by atoms with Crippen molar-refractivity contribution >= 4 is 26.0 Å². The number of benzene rings is 1. The van der Waals surface area contributed by atoms with Crippen LogP contribution >= 0.6 is 15.9 Å². The van der Waals surface area contributed by atoms with Gasteiger partial charge in [0, 0.05) is 18.4 Å². The topological polar surface area (TPSA) is 46.6 Å². The predicted molar refractivity (Wildman–Crippen MR) is 68.6 cm³/mol. The molecule has 4 nitrogen and oxygen atoms in total. The SMILES string of the molecule is O=S(=O)(c1cc(F)ccc1CBr)N1CCOCC1. The molecule has 0 aromatic heterocycles. The van der Waals surface area contributed by atoms with Crippen LogP contribution in [0.4, 0.5) is 4.39 Å². The second-order valence-electron chi connectivity index (χ2n) is 3.90. The van der Waals surface area contributed by atoms with E-state index in [0.717, 1.165) is 6.07 Å². The van der Waals surface area contributed by atoms with Gasteiger partial charge in [-0.1, -0.05) is 22.0 Å². The molecular weight excluding hydrogens is 325 g/mol. The molecule has 1 aliphatic rings. The van der Waals surface area contributed by atoms with Crippen LogP contribution in [0.15, 0.2) is 23.1 Å². The normalized spacial score (nSPS) is 17.9.